The number of amides is 1. The lowest BCUT2D eigenvalue weighted by Gasteiger charge is -2.51. The molecule has 150 valence electrons. The zero-order valence-corrected chi connectivity index (χ0v) is 17.9. The van der Waals surface area contributed by atoms with E-state index in [0.717, 1.165) is 28.7 Å². The van der Waals surface area contributed by atoms with E-state index in [1.165, 1.54) is 0 Å². The van der Waals surface area contributed by atoms with Crippen LogP contribution in [-0.4, -0.2) is 40.9 Å². The Kier molecular flexibility index (Phi) is 6.48. The normalized spacial score (nSPS) is 23.5. The number of carbonyl (C=O) groups is 1. The average molecular weight is 398 g/mol. The smallest absolute Gasteiger partial charge is 0.254 e. The molecule has 28 heavy (non-hydrogen) atoms. The van der Waals surface area contributed by atoms with Crippen molar-refractivity contribution in [3.63, 3.8) is 0 Å². The largest absolute Gasteiger partial charge is 0.330 e. The summed E-state index contributed by atoms with van der Waals surface area (Å²) in [6.45, 7) is 7.44. The van der Waals surface area contributed by atoms with Gasteiger partial charge in [0.05, 0.1) is 11.7 Å². The summed E-state index contributed by atoms with van der Waals surface area (Å²) in [5, 5.41) is 3.49. The molecule has 3 rings (SSSR count). The van der Waals surface area contributed by atoms with Gasteiger partial charge in [-0.2, -0.15) is 12.6 Å². The van der Waals surface area contributed by atoms with Crippen LogP contribution in [-0.2, 0) is 6.42 Å². The molecule has 0 bridgehead atoms. The predicted molar refractivity (Wildman–Crippen MR) is 119 cm³/mol. The number of rotatable bonds is 5. The van der Waals surface area contributed by atoms with Gasteiger partial charge in [-0.1, -0.05) is 49.4 Å². The Morgan fingerprint density at radius 3 is 2.64 bits per heavy atom. The standard InChI is InChI=1S/C23H31N3OS/c1-4-20(28)21-23(24,15-18-10-6-5-7-11-18)25-13-14-26(21)22(27)19-12-8-9-16(2)17(19)3/h5-12,20-21,25,28H,4,13-15,24H2,1-3H3. The molecule has 0 saturated carbocycles. The Morgan fingerprint density at radius 1 is 1.25 bits per heavy atom. The summed E-state index contributed by atoms with van der Waals surface area (Å²) in [7, 11) is 0. The third kappa shape index (κ3) is 4.12. The quantitative estimate of drug-likeness (QED) is 0.679. The molecule has 1 aliphatic heterocycles. The maximum atomic E-state index is 13.6. The summed E-state index contributed by atoms with van der Waals surface area (Å²) < 4.78 is 0. The highest BCUT2D eigenvalue weighted by molar-refractivity contribution is 7.81. The monoisotopic (exact) mass is 397 g/mol. The SMILES string of the molecule is CCC(S)C1N(C(=O)c2cccc(C)c2C)CCNC1(N)Cc1ccccc1. The van der Waals surface area contributed by atoms with Crippen LogP contribution >= 0.6 is 12.6 Å². The minimum atomic E-state index is -0.727. The lowest BCUT2D eigenvalue weighted by atomic mass is 9.86. The molecule has 2 aromatic rings. The lowest BCUT2D eigenvalue weighted by Crippen LogP contribution is -2.75. The van der Waals surface area contributed by atoms with Gasteiger partial charge in [0.2, 0.25) is 0 Å². The second-order valence-electron chi connectivity index (χ2n) is 7.80. The summed E-state index contributed by atoms with van der Waals surface area (Å²) in [5.74, 6) is 0.0445. The first-order valence-corrected chi connectivity index (χ1v) is 10.5. The second kappa shape index (κ2) is 8.68. The number of thiol groups is 1. The van der Waals surface area contributed by atoms with Gasteiger partial charge >= 0.3 is 0 Å². The van der Waals surface area contributed by atoms with E-state index in [0.29, 0.717) is 19.5 Å². The predicted octanol–water partition coefficient (Wildman–Crippen LogP) is 3.32. The molecule has 3 N–H and O–H groups in total. The molecule has 1 fully saturated rings. The number of benzene rings is 2. The van der Waals surface area contributed by atoms with E-state index in [4.69, 9.17) is 18.4 Å². The van der Waals surface area contributed by atoms with Gasteiger partial charge in [0.25, 0.3) is 5.91 Å². The molecule has 3 atom stereocenters. The van der Waals surface area contributed by atoms with Crippen LogP contribution < -0.4 is 11.1 Å². The maximum absolute atomic E-state index is 13.6. The molecule has 0 aromatic heterocycles. The van der Waals surface area contributed by atoms with Crippen molar-refractivity contribution < 1.29 is 4.79 Å². The van der Waals surface area contributed by atoms with Gasteiger partial charge in [-0.3, -0.25) is 10.1 Å². The van der Waals surface area contributed by atoms with Crippen molar-refractivity contribution >= 4 is 18.5 Å². The molecule has 2 aromatic carbocycles. The average Bonchev–Trinajstić information content (AvgIpc) is 2.69. The van der Waals surface area contributed by atoms with E-state index in [2.05, 4.69) is 24.4 Å². The van der Waals surface area contributed by atoms with Crippen LogP contribution in [0.1, 0.15) is 40.4 Å². The first-order valence-electron chi connectivity index (χ1n) is 10.0. The van der Waals surface area contributed by atoms with Crippen LogP contribution in [0.25, 0.3) is 0 Å². The summed E-state index contributed by atoms with van der Waals surface area (Å²) >= 11 is 4.85. The fourth-order valence-electron chi connectivity index (χ4n) is 4.17. The number of piperazine rings is 1. The highest BCUT2D eigenvalue weighted by Gasteiger charge is 2.46. The molecule has 5 heteroatoms. The highest BCUT2D eigenvalue weighted by Crippen LogP contribution is 2.29. The van der Waals surface area contributed by atoms with Gasteiger partial charge < -0.3 is 10.6 Å². The molecule has 1 heterocycles. The van der Waals surface area contributed by atoms with Crippen LogP contribution in [0.5, 0.6) is 0 Å². The van der Waals surface area contributed by atoms with Crippen LogP contribution in [0, 0.1) is 13.8 Å². The minimum absolute atomic E-state index is 0.0180. The van der Waals surface area contributed by atoms with Gasteiger partial charge in [0.15, 0.2) is 0 Å². The number of aryl methyl sites for hydroxylation is 1. The van der Waals surface area contributed by atoms with E-state index < -0.39 is 5.66 Å². The number of nitrogens with two attached hydrogens (primary N) is 1. The first-order chi connectivity index (χ1) is 13.4. The van der Waals surface area contributed by atoms with Crippen LogP contribution in [0.2, 0.25) is 0 Å². The van der Waals surface area contributed by atoms with E-state index in [1.54, 1.807) is 0 Å². The Hall–Kier alpha value is -1.82. The Bertz CT molecular complexity index is 826. The van der Waals surface area contributed by atoms with Crippen molar-refractivity contribution in [3.05, 3.63) is 70.8 Å². The molecular formula is C23H31N3OS. The van der Waals surface area contributed by atoms with E-state index in [-0.39, 0.29) is 17.2 Å². The second-order valence-corrected chi connectivity index (χ2v) is 8.46. The van der Waals surface area contributed by atoms with Crippen LogP contribution in [0.15, 0.2) is 48.5 Å². The van der Waals surface area contributed by atoms with Crippen molar-refractivity contribution in [1.82, 2.24) is 10.2 Å². The van der Waals surface area contributed by atoms with Crippen molar-refractivity contribution in [2.45, 2.75) is 50.6 Å². The zero-order valence-electron chi connectivity index (χ0n) is 17.0. The van der Waals surface area contributed by atoms with Crippen LogP contribution in [0.4, 0.5) is 0 Å². The van der Waals surface area contributed by atoms with E-state index >= 15 is 0 Å². The number of hydrogen-bond donors (Lipinski definition) is 3. The zero-order chi connectivity index (χ0) is 20.3. The molecule has 0 aliphatic carbocycles. The number of nitrogens with zero attached hydrogens (tertiary/aromatic N) is 1. The van der Waals surface area contributed by atoms with Gasteiger partial charge in [-0.25, -0.2) is 0 Å². The van der Waals surface area contributed by atoms with E-state index in [1.807, 2.05) is 55.1 Å². The molecular weight excluding hydrogens is 366 g/mol. The van der Waals surface area contributed by atoms with Crippen molar-refractivity contribution in [1.29, 1.82) is 0 Å². The van der Waals surface area contributed by atoms with Crippen molar-refractivity contribution in [2.75, 3.05) is 13.1 Å². The maximum Gasteiger partial charge on any atom is 0.254 e. The van der Waals surface area contributed by atoms with Crippen molar-refractivity contribution in [2.24, 2.45) is 5.73 Å². The van der Waals surface area contributed by atoms with Gasteiger partial charge in [-0.15, -0.1) is 0 Å². The summed E-state index contributed by atoms with van der Waals surface area (Å²) in [4.78, 5) is 15.5. The third-order valence-electron chi connectivity index (χ3n) is 5.89. The van der Waals surface area contributed by atoms with E-state index in [9.17, 15) is 4.79 Å². The van der Waals surface area contributed by atoms with Crippen molar-refractivity contribution in [3.8, 4) is 0 Å². The Morgan fingerprint density at radius 2 is 1.96 bits per heavy atom. The molecule has 1 saturated heterocycles. The fourth-order valence-corrected chi connectivity index (χ4v) is 4.60. The lowest BCUT2D eigenvalue weighted by molar-refractivity contribution is 0.0363. The fraction of sp³-hybridized carbons (Fsp3) is 0.435. The van der Waals surface area contributed by atoms with Gasteiger partial charge in [-0.05, 0) is 43.0 Å². The number of nitrogens with one attached hydrogen (secondary N) is 1. The summed E-state index contributed by atoms with van der Waals surface area (Å²) in [6, 6.07) is 15.9. The molecule has 4 nitrogen and oxygen atoms in total. The molecule has 3 unspecified atom stereocenters. The topological polar surface area (TPSA) is 58.4 Å². The molecule has 0 radical (unpaired) electrons. The Labute approximate surface area is 173 Å². The molecule has 0 spiro atoms. The highest BCUT2D eigenvalue weighted by atomic mass is 32.1. The summed E-state index contributed by atoms with van der Waals surface area (Å²) in [6.07, 6.45) is 1.48. The molecule has 1 aliphatic rings. The van der Waals surface area contributed by atoms with Gasteiger partial charge in [0.1, 0.15) is 0 Å². The summed E-state index contributed by atoms with van der Waals surface area (Å²) in [5.41, 5.74) is 10.3. The Balaban J connectivity index is 1.97. The minimum Gasteiger partial charge on any atom is -0.330 e. The number of carbonyl (C=O) groups excluding carboxylic acids is 1. The third-order valence-corrected chi connectivity index (χ3v) is 6.54. The molecule has 1 amide bonds. The first kappa shape index (κ1) is 20.9. The van der Waals surface area contributed by atoms with Gasteiger partial charge in [0, 0.05) is 30.3 Å². The van der Waals surface area contributed by atoms with Crippen LogP contribution in [0.3, 0.4) is 0 Å². The number of hydrogen-bond acceptors (Lipinski definition) is 4.